The van der Waals surface area contributed by atoms with Gasteiger partial charge in [-0.05, 0) is 37.1 Å². The molecule has 19 heavy (non-hydrogen) atoms. The lowest BCUT2D eigenvalue weighted by molar-refractivity contribution is 0.873. The smallest absolute Gasteiger partial charge is 0.0674 e. The minimum atomic E-state index is 1.09. The van der Waals surface area contributed by atoms with Crippen molar-refractivity contribution >= 4 is 0 Å². The largest absolute Gasteiger partial charge is 0.264 e. The zero-order valence-corrected chi connectivity index (χ0v) is 11.0. The fraction of sp³-hybridized carbons (Fsp3) is 0.125. The fourth-order valence-electron chi connectivity index (χ4n) is 2.18. The molecule has 0 unspecified atom stereocenters. The van der Waals surface area contributed by atoms with Gasteiger partial charge in [-0.15, -0.1) is 0 Å². The lowest BCUT2D eigenvalue weighted by Crippen LogP contribution is -1.96. The van der Waals surface area contributed by atoms with Gasteiger partial charge in [0.05, 0.1) is 11.9 Å². The van der Waals surface area contributed by atoms with Gasteiger partial charge in [-0.2, -0.15) is 5.10 Å². The van der Waals surface area contributed by atoms with Crippen LogP contribution in [-0.4, -0.2) is 14.8 Å². The zero-order chi connectivity index (χ0) is 13.2. The number of hydrogen-bond donors (Lipinski definition) is 0. The maximum atomic E-state index is 4.45. The highest BCUT2D eigenvalue weighted by Crippen LogP contribution is 2.23. The van der Waals surface area contributed by atoms with Gasteiger partial charge >= 0.3 is 0 Å². The van der Waals surface area contributed by atoms with Crippen molar-refractivity contribution in [2.75, 3.05) is 0 Å². The van der Waals surface area contributed by atoms with Crippen molar-refractivity contribution in [1.29, 1.82) is 0 Å². The molecule has 2 aromatic heterocycles. The molecule has 0 atom stereocenters. The first kappa shape index (κ1) is 11.7. The molecule has 0 aliphatic heterocycles. The van der Waals surface area contributed by atoms with Gasteiger partial charge in [0.15, 0.2) is 0 Å². The molecule has 2 heterocycles. The zero-order valence-electron chi connectivity index (χ0n) is 11.0. The summed E-state index contributed by atoms with van der Waals surface area (Å²) >= 11 is 0. The molecule has 0 aliphatic carbocycles. The summed E-state index contributed by atoms with van der Waals surface area (Å²) in [5.41, 5.74) is 5.74. The van der Waals surface area contributed by atoms with Gasteiger partial charge in [0.2, 0.25) is 0 Å². The number of rotatable bonds is 2. The van der Waals surface area contributed by atoms with E-state index < -0.39 is 0 Å². The lowest BCUT2D eigenvalue weighted by Gasteiger charge is -2.04. The summed E-state index contributed by atoms with van der Waals surface area (Å²) in [6.45, 7) is 4.17. The van der Waals surface area contributed by atoms with Crippen LogP contribution in [0.3, 0.4) is 0 Å². The molecule has 94 valence electrons. The first-order valence-corrected chi connectivity index (χ1v) is 6.27. The minimum absolute atomic E-state index is 1.09. The molecule has 3 rings (SSSR count). The highest BCUT2D eigenvalue weighted by Gasteiger charge is 2.07. The molecule has 3 aromatic rings. The monoisotopic (exact) mass is 249 g/mol. The molecule has 0 fully saturated rings. The summed E-state index contributed by atoms with van der Waals surface area (Å²) in [4.78, 5) is 4.18. The Morgan fingerprint density at radius 2 is 1.79 bits per heavy atom. The number of nitrogens with zero attached hydrogens (tertiary/aromatic N) is 3. The van der Waals surface area contributed by atoms with E-state index in [4.69, 9.17) is 0 Å². The summed E-state index contributed by atoms with van der Waals surface area (Å²) in [5, 5.41) is 4.45. The summed E-state index contributed by atoms with van der Waals surface area (Å²) < 4.78 is 1.91. The molecule has 0 N–H and O–H groups in total. The molecule has 1 aromatic carbocycles. The topological polar surface area (TPSA) is 30.7 Å². The van der Waals surface area contributed by atoms with Crippen LogP contribution in [0.15, 0.2) is 55.1 Å². The Labute approximate surface area is 112 Å². The molecule has 3 heteroatoms. The Morgan fingerprint density at radius 3 is 2.58 bits per heavy atom. The fourth-order valence-corrected chi connectivity index (χ4v) is 2.18. The van der Waals surface area contributed by atoms with Crippen LogP contribution in [0.5, 0.6) is 0 Å². The van der Waals surface area contributed by atoms with E-state index in [0.717, 1.165) is 16.8 Å². The van der Waals surface area contributed by atoms with Gasteiger partial charge in [-0.25, -0.2) is 4.68 Å². The van der Waals surface area contributed by atoms with Gasteiger partial charge in [-0.1, -0.05) is 18.2 Å². The van der Waals surface area contributed by atoms with E-state index >= 15 is 0 Å². The minimum Gasteiger partial charge on any atom is -0.264 e. The Morgan fingerprint density at radius 1 is 0.947 bits per heavy atom. The summed E-state index contributed by atoms with van der Waals surface area (Å²) in [5.74, 6) is 0. The highest BCUT2D eigenvalue weighted by molar-refractivity contribution is 5.65. The van der Waals surface area contributed by atoms with Crippen molar-refractivity contribution in [3.8, 4) is 16.8 Å². The predicted octanol–water partition coefficient (Wildman–Crippen LogP) is 3.55. The van der Waals surface area contributed by atoms with Crippen LogP contribution in [0.4, 0.5) is 0 Å². The highest BCUT2D eigenvalue weighted by atomic mass is 15.3. The van der Waals surface area contributed by atoms with E-state index in [0.29, 0.717) is 0 Å². The van der Waals surface area contributed by atoms with Crippen molar-refractivity contribution in [3.05, 3.63) is 66.2 Å². The molecule has 0 amide bonds. The molecular weight excluding hydrogens is 234 g/mol. The quantitative estimate of drug-likeness (QED) is 0.695. The van der Waals surface area contributed by atoms with Gasteiger partial charge < -0.3 is 0 Å². The van der Waals surface area contributed by atoms with Crippen LogP contribution in [0.1, 0.15) is 11.1 Å². The second-order valence-electron chi connectivity index (χ2n) is 4.65. The van der Waals surface area contributed by atoms with Crippen LogP contribution in [0.2, 0.25) is 0 Å². The number of aryl methyl sites for hydroxylation is 2. The second kappa shape index (κ2) is 4.69. The third-order valence-corrected chi connectivity index (χ3v) is 3.29. The second-order valence-corrected chi connectivity index (χ2v) is 4.65. The lowest BCUT2D eigenvalue weighted by atomic mass is 10.1. The van der Waals surface area contributed by atoms with Crippen molar-refractivity contribution in [2.24, 2.45) is 0 Å². The van der Waals surface area contributed by atoms with Crippen LogP contribution in [0, 0.1) is 13.8 Å². The van der Waals surface area contributed by atoms with E-state index in [9.17, 15) is 0 Å². The van der Waals surface area contributed by atoms with E-state index in [-0.39, 0.29) is 0 Å². The van der Waals surface area contributed by atoms with Crippen LogP contribution in [-0.2, 0) is 0 Å². The average molecular weight is 249 g/mol. The standard InChI is InChI=1S/C16H15N3/c1-12-7-8-17-10-15(12)14-9-18-19(11-14)16-6-4-3-5-13(16)2/h3-11H,1-2H3. The normalized spacial score (nSPS) is 10.6. The van der Waals surface area contributed by atoms with E-state index in [1.807, 2.05) is 47.7 Å². The summed E-state index contributed by atoms with van der Waals surface area (Å²) in [6.07, 6.45) is 7.63. The first-order valence-electron chi connectivity index (χ1n) is 6.27. The van der Waals surface area contributed by atoms with E-state index in [1.54, 1.807) is 0 Å². The Kier molecular flexibility index (Phi) is 2.88. The number of para-hydroxylation sites is 1. The van der Waals surface area contributed by atoms with Crippen molar-refractivity contribution in [2.45, 2.75) is 13.8 Å². The molecule has 0 aliphatic rings. The van der Waals surface area contributed by atoms with Crippen LogP contribution >= 0.6 is 0 Å². The van der Waals surface area contributed by atoms with E-state index in [2.05, 4.69) is 36.1 Å². The summed E-state index contributed by atoms with van der Waals surface area (Å²) in [7, 11) is 0. The average Bonchev–Trinajstić information content (AvgIpc) is 2.89. The number of pyridine rings is 1. The third-order valence-electron chi connectivity index (χ3n) is 3.29. The Hall–Kier alpha value is -2.42. The van der Waals surface area contributed by atoms with E-state index in [1.165, 1.54) is 11.1 Å². The maximum Gasteiger partial charge on any atom is 0.0674 e. The van der Waals surface area contributed by atoms with Gasteiger partial charge in [0.25, 0.3) is 0 Å². The molecule has 3 nitrogen and oxygen atoms in total. The van der Waals surface area contributed by atoms with Gasteiger partial charge in [-0.3, -0.25) is 4.98 Å². The van der Waals surface area contributed by atoms with Crippen molar-refractivity contribution in [3.63, 3.8) is 0 Å². The molecule has 0 spiro atoms. The van der Waals surface area contributed by atoms with Gasteiger partial charge in [0, 0.05) is 29.7 Å². The molecule has 0 radical (unpaired) electrons. The van der Waals surface area contributed by atoms with Crippen LogP contribution < -0.4 is 0 Å². The number of hydrogen-bond acceptors (Lipinski definition) is 2. The Bertz CT molecular complexity index is 653. The third kappa shape index (κ3) is 2.15. The molecule has 0 saturated heterocycles. The first-order chi connectivity index (χ1) is 9.25. The molecular formula is C16H15N3. The number of aromatic nitrogens is 3. The van der Waals surface area contributed by atoms with Crippen LogP contribution in [0.25, 0.3) is 16.8 Å². The maximum absolute atomic E-state index is 4.45. The Balaban J connectivity index is 2.06. The van der Waals surface area contributed by atoms with Crippen molar-refractivity contribution in [1.82, 2.24) is 14.8 Å². The SMILES string of the molecule is Cc1ccncc1-c1cnn(-c2ccccc2C)c1. The predicted molar refractivity (Wildman–Crippen MR) is 76.3 cm³/mol. The van der Waals surface area contributed by atoms with Gasteiger partial charge in [0.1, 0.15) is 0 Å². The summed E-state index contributed by atoms with van der Waals surface area (Å²) in [6, 6.07) is 10.2. The molecule has 0 saturated carbocycles. The molecule has 0 bridgehead atoms. The van der Waals surface area contributed by atoms with Crippen molar-refractivity contribution < 1.29 is 0 Å². The number of benzene rings is 1.